The normalized spacial score (nSPS) is 10.7. The van der Waals surface area contributed by atoms with E-state index < -0.39 is 0 Å². The van der Waals surface area contributed by atoms with Crippen molar-refractivity contribution in [2.45, 2.75) is 6.92 Å². The topological polar surface area (TPSA) is 31.2 Å². The SMILES string of the molecule is COc1ccc2cc(C)c(=O)n(-c3ccccc3)c2c1. The van der Waals surface area contributed by atoms with E-state index in [4.69, 9.17) is 4.74 Å². The number of rotatable bonds is 2. The third kappa shape index (κ3) is 1.97. The number of hydrogen-bond acceptors (Lipinski definition) is 2. The third-order valence-corrected chi connectivity index (χ3v) is 3.41. The maximum absolute atomic E-state index is 12.5. The minimum absolute atomic E-state index is 0.00282. The van der Waals surface area contributed by atoms with Gasteiger partial charge in [0.1, 0.15) is 5.75 Å². The zero-order valence-electron chi connectivity index (χ0n) is 11.5. The Morgan fingerprint density at radius 3 is 2.45 bits per heavy atom. The van der Waals surface area contributed by atoms with Crippen LogP contribution in [0.5, 0.6) is 5.75 Å². The van der Waals surface area contributed by atoms with Gasteiger partial charge in [-0.3, -0.25) is 9.36 Å². The summed E-state index contributed by atoms with van der Waals surface area (Å²) in [6.07, 6.45) is 0. The molecule has 0 atom stereocenters. The first-order valence-corrected chi connectivity index (χ1v) is 6.46. The van der Waals surface area contributed by atoms with Crippen LogP contribution >= 0.6 is 0 Å². The zero-order chi connectivity index (χ0) is 14.1. The van der Waals surface area contributed by atoms with Gasteiger partial charge in [-0.05, 0) is 42.6 Å². The Labute approximate surface area is 117 Å². The summed E-state index contributed by atoms with van der Waals surface area (Å²) in [5.74, 6) is 0.741. The number of hydrogen-bond donors (Lipinski definition) is 0. The van der Waals surface area contributed by atoms with Crippen molar-refractivity contribution in [3.8, 4) is 11.4 Å². The quantitative estimate of drug-likeness (QED) is 0.712. The van der Waals surface area contributed by atoms with Crippen molar-refractivity contribution in [3.63, 3.8) is 0 Å². The first kappa shape index (κ1) is 12.5. The molecule has 20 heavy (non-hydrogen) atoms. The van der Waals surface area contributed by atoms with E-state index in [2.05, 4.69) is 0 Å². The number of fused-ring (bicyclic) bond motifs is 1. The molecule has 0 amide bonds. The molecule has 0 aliphatic heterocycles. The van der Waals surface area contributed by atoms with Crippen LogP contribution in [-0.2, 0) is 0 Å². The molecule has 0 N–H and O–H groups in total. The van der Waals surface area contributed by atoms with E-state index in [0.29, 0.717) is 0 Å². The molecule has 0 saturated carbocycles. The van der Waals surface area contributed by atoms with Gasteiger partial charge in [-0.15, -0.1) is 0 Å². The number of ether oxygens (including phenoxy) is 1. The second-order valence-corrected chi connectivity index (χ2v) is 4.73. The average molecular weight is 265 g/mol. The number of benzene rings is 2. The summed E-state index contributed by atoms with van der Waals surface area (Å²) < 4.78 is 7.00. The maximum Gasteiger partial charge on any atom is 0.258 e. The molecule has 0 radical (unpaired) electrons. The molecule has 0 spiro atoms. The number of para-hydroxylation sites is 1. The molecule has 2 aromatic carbocycles. The highest BCUT2D eigenvalue weighted by molar-refractivity contribution is 5.82. The van der Waals surface area contributed by atoms with Gasteiger partial charge in [0, 0.05) is 17.3 Å². The van der Waals surface area contributed by atoms with E-state index >= 15 is 0 Å². The highest BCUT2D eigenvalue weighted by Gasteiger charge is 2.09. The van der Waals surface area contributed by atoms with E-state index in [0.717, 1.165) is 27.9 Å². The summed E-state index contributed by atoms with van der Waals surface area (Å²) >= 11 is 0. The maximum atomic E-state index is 12.5. The minimum Gasteiger partial charge on any atom is -0.497 e. The Balaban J connectivity index is 2.44. The van der Waals surface area contributed by atoms with E-state index in [1.807, 2.05) is 61.5 Å². The lowest BCUT2D eigenvalue weighted by Gasteiger charge is -2.12. The van der Waals surface area contributed by atoms with Crippen molar-refractivity contribution in [1.82, 2.24) is 4.57 Å². The molecule has 0 unspecified atom stereocenters. The van der Waals surface area contributed by atoms with Crippen LogP contribution in [0, 0.1) is 6.92 Å². The smallest absolute Gasteiger partial charge is 0.258 e. The molecule has 0 saturated heterocycles. The van der Waals surface area contributed by atoms with Crippen molar-refractivity contribution in [3.05, 3.63) is 70.5 Å². The number of pyridine rings is 1. The van der Waals surface area contributed by atoms with Crippen molar-refractivity contribution in [1.29, 1.82) is 0 Å². The summed E-state index contributed by atoms with van der Waals surface area (Å²) in [6, 6.07) is 17.3. The predicted molar refractivity (Wildman–Crippen MR) is 80.8 cm³/mol. The number of nitrogens with zero attached hydrogens (tertiary/aromatic N) is 1. The van der Waals surface area contributed by atoms with Gasteiger partial charge in [-0.25, -0.2) is 0 Å². The second kappa shape index (κ2) is 4.85. The molecule has 3 nitrogen and oxygen atoms in total. The van der Waals surface area contributed by atoms with E-state index in [1.54, 1.807) is 11.7 Å². The molecule has 0 bridgehead atoms. The third-order valence-electron chi connectivity index (χ3n) is 3.41. The molecule has 100 valence electrons. The Morgan fingerprint density at radius 1 is 1.00 bits per heavy atom. The van der Waals surface area contributed by atoms with Crippen LogP contribution < -0.4 is 10.3 Å². The van der Waals surface area contributed by atoms with Gasteiger partial charge in [0.05, 0.1) is 12.6 Å². The Morgan fingerprint density at radius 2 is 1.75 bits per heavy atom. The van der Waals surface area contributed by atoms with Crippen LogP contribution in [-0.4, -0.2) is 11.7 Å². The zero-order valence-corrected chi connectivity index (χ0v) is 11.5. The van der Waals surface area contributed by atoms with Crippen LogP contribution in [0.3, 0.4) is 0 Å². The lowest BCUT2D eigenvalue weighted by atomic mass is 10.1. The van der Waals surface area contributed by atoms with E-state index in [1.165, 1.54) is 0 Å². The molecule has 0 aliphatic rings. The fraction of sp³-hybridized carbons (Fsp3) is 0.118. The van der Waals surface area contributed by atoms with Crippen molar-refractivity contribution in [2.75, 3.05) is 7.11 Å². The van der Waals surface area contributed by atoms with Gasteiger partial charge < -0.3 is 4.74 Å². The first-order chi connectivity index (χ1) is 9.70. The van der Waals surface area contributed by atoms with Crippen LogP contribution in [0.2, 0.25) is 0 Å². The van der Waals surface area contributed by atoms with Crippen molar-refractivity contribution in [2.24, 2.45) is 0 Å². The molecule has 0 fully saturated rings. The largest absolute Gasteiger partial charge is 0.497 e. The first-order valence-electron chi connectivity index (χ1n) is 6.46. The molecule has 0 aliphatic carbocycles. The molecule has 1 heterocycles. The number of methoxy groups -OCH3 is 1. The van der Waals surface area contributed by atoms with Gasteiger partial charge in [-0.1, -0.05) is 18.2 Å². The van der Waals surface area contributed by atoms with Gasteiger partial charge in [0.15, 0.2) is 0 Å². The van der Waals surface area contributed by atoms with Gasteiger partial charge in [0.25, 0.3) is 5.56 Å². The summed E-state index contributed by atoms with van der Waals surface area (Å²) in [5, 5.41) is 1.02. The standard InChI is InChI=1S/C17H15NO2/c1-12-10-13-8-9-15(20-2)11-16(13)18(17(12)19)14-6-4-3-5-7-14/h3-11H,1-2H3. The number of aryl methyl sites for hydroxylation is 1. The summed E-state index contributed by atoms with van der Waals surface area (Å²) in [6.45, 7) is 1.84. The van der Waals surface area contributed by atoms with Crippen LogP contribution in [0.15, 0.2) is 59.4 Å². The Hall–Kier alpha value is -2.55. The van der Waals surface area contributed by atoms with E-state index in [-0.39, 0.29) is 5.56 Å². The lowest BCUT2D eigenvalue weighted by molar-refractivity contribution is 0.415. The fourth-order valence-corrected chi connectivity index (χ4v) is 2.38. The average Bonchev–Trinajstić information content (AvgIpc) is 2.49. The number of aromatic nitrogens is 1. The Bertz CT molecular complexity index is 820. The minimum atomic E-state index is -0.00282. The Kier molecular flexibility index (Phi) is 3.03. The van der Waals surface area contributed by atoms with Gasteiger partial charge >= 0.3 is 0 Å². The molecule has 1 aromatic heterocycles. The van der Waals surface area contributed by atoms with Crippen LogP contribution in [0.25, 0.3) is 16.6 Å². The molecular weight excluding hydrogens is 250 g/mol. The summed E-state index contributed by atoms with van der Waals surface area (Å²) in [5.41, 5.74) is 2.44. The monoisotopic (exact) mass is 265 g/mol. The van der Waals surface area contributed by atoms with E-state index in [9.17, 15) is 4.79 Å². The highest BCUT2D eigenvalue weighted by atomic mass is 16.5. The van der Waals surface area contributed by atoms with Crippen molar-refractivity contribution < 1.29 is 4.74 Å². The fourth-order valence-electron chi connectivity index (χ4n) is 2.38. The molecular formula is C17H15NO2. The van der Waals surface area contributed by atoms with Gasteiger partial charge in [-0.2, -0.15) is 0 Å². The van der Waals surface area contributed by atoms with Crippen molar-refractivity contribution >= 4 is 10.9 Å². The molecule has 3 aromatic rings. The summed E-state index contributed by atoms with van der Waals surface area (Å²) in [4.78, 5) is 12.5. The summed E-state index contributed by atoms with van der Waals surface area (Å²) in [7, 11) is 1.63. The predicted octanol–water partition coefficient (Wildman–Crippen LogP) is 3.31. The van der Waals surface area contributed by atoms with Gasteiger partial charge in [0.2, 0.25) is 0 Å². The second-order valence-electron chi connectivity index (χ2n) is 4.73. The van der Waals surface area contributed by atoms with Crippen LogP contribution in [0.4, 0.5) is 0 Å². The van der Waals surface area contributed by atoms with Crippen LogP contribution in [0.1, 0.15) is 5.56 Å². The highest BCUT2D eigenvalue weighted by Crippen LogP contribution is 2.22. The molecule has 3 heteroatoms. The lowest BCUT2D eigenvalue weighted by Crippen LogP contribution is -2.20. The molecule has 3 rings (SSSR count).